The molecule has 1 aliphatic rings. The monoisotopic (exact) mass is 168 g/mol. The molecule has 0 unspecified atom stereocenters. The minimum absolute atomic E-state index is 0.402. The molecule has 1 aliphatic heterocycles. The first-order chi connectivity index (χ1) is 5.67. The summed E-state index contributed by atoms with van der Waals surface area (Å²) >= 11 is 0. The summed E-state index contributed by atoms with van der Waals surface area (Å²) in [5.74, 6) is 0. The molecule has 0 atom stereocenters. The minimum Gasteiger partial charge on any atom is -0.327 e. The van der Waals surface area contributed by atoms with Crippen molar-refractivity contribution in [3.63, 3.8) is 0 Å². The first-order valence-electron chi connectivity index (χ1n) is 4.77. The van der Waals surface area contributed by atoms with Crippen molar-refractivity contribution in [3.05, 3.63) is 12.2 Å². The van der Waals surface area contributed by atoms with Crippen molar-refractivity contribution in [3.8, 4) is 0 Å². The van der Waals surface area contributed by atoms with Crippen LogP contribution in [0.25, 0.3) is 0 Å². The van der Waals surface area contributed by atoms with E-state index in [4.69, 9.17) is 5.73 Å². The Morgan fingerprint density at radius 3 is 2.67 bits per heavy atom. The van der Waals surface area contributed by atoms with Gasteiger partial charge in [-0.05, 0) is 33.2 Å². The van der Waals surface area contributed by atoms with Crippen LogP contribution in [-0.2, 0) is 0 Å². The van der Waals surface area contributed by atoms with Gasteiger partial charge < -0.3 is 5.73 Å². The van der Waals surface area contributed by atoms with Crippen molar-refractivity contribution < 1.29 is 0 Å². The van der Waals surface area contributed by atoms with Crippen molar-refractivity contribution in [1.82, 2.24) is 4.90 Å². The molecule has 0 aromatic rings. The number of nitrogens with zero attached hydrogens (tertiary/aromatic N) is 1. The van der Waals surface area contributed by atoms with E-state index in [2.05, 4.69) is 24.8 Å². The van der Waals surface area contributed by atoms with E-state index in [-0.39, 0.29) is 0 Å². The summed E-state index contributed by atoms with van der Waals surface area (Å²) in [6.07, 6.45) is 6.87. The van der Waals surface area contributed by atoms with Gasteiger partial charge >= 0.3 is 0 Å². The summed E-state index contributed by atoms with van der Waals surface area (Å²) in [5.41, 5.74) is 5.78. The van der Waals surface area contributed by atoms with Crippen LogP contribution in [0.5, 0.6) is 0 Å². The molecule has 1 fully saturated rings. The predicted molar refractivity (Wildman–Crippen MR) is 53.1 cm³/mol. The van der Waals surface area contributed by atoms with Gasteiger partial charge in [0.1, 0.15) is 0 Å². The second-order valence-electron chi connectivity index (χ2n) is 4.07. The molecule has 2 nitrogen and oxygen atoms in total. The Morgan fingerprint density at radius 1 is 1.42 bits per heavy atom. The highest BCUT2D eigenvalue weighted by molar-refractivity contribution is 4.94. The van der Waals surface area contributed by atoms with E-state index >= 15 is 0 Å². The summed E-state index contributed by atoms with van der Waals surface area (Å²) in [6, 6.07) is 0. The SMILES string of the molecule is CC1(C)CCCN1CC=CCN. The second-order valence-corrected chi connectivity index (χ2v) is 4.07. The van der Waals surface area contributed by atoms with E-state index in [1.807, 2.05) is 6.08 Å². The van der Waals surface area contributed by atoms with E-state index in [0.717, 1.165) is 6.54 Å². The van der Waals surface area contributed by atoms with Crippen LogP contribution >= 0.6 is 0 Å². The first kappa shape index (κ1) is 9.75. The smallest absolute Gasteiger partial charge is 0.0168 e. The topological polar surface area (TPSA) is 29.3 Å². The van der Waals surface area contributed by atoms with Gasteiger partial charge in [-0.1, -0.05) is 12.2 Å². The largest absolute Gasteiger partial charge is 0.327 e. The lowest BCUT2D eigenvalue weighted by Gasteiger charge is -2.30. The summed E-state index contributed by atoms with van der Waals surface area (Å²) in [6.45, 7) is 7.59. The van der Waals surface area contributed by atoms with Crippen molar-refractivity contribution in [2.45, 2.75) is 32.2 Å². The van der Waals surface area contributed by atoms with Gasteiger partial charge in [0.05, 0.1) is 0 Å². The molecule has 0 bridgehead atoms. The lowest BCUT2D eigenvalue weighted by Crippen LogP contribution is -2.38. The summed E-state index contributed by atoms with van der Waals surface area (Å²) in [7, 11) is 0. The molecule has 0 aromatic heterocycles. The Morgan fingerprint density at radius 2 is 2.17 bits per heavy atom. The van der Waals surface area contributed by atoms with Gasteiger partial charge in [0.2, 0.25) is 0 Å². The van der Waals surface area contributed by atoms with Crippen LogP contribution in [0.15, 0.2) is 12.2 Å². The quantitative estimate of drug-likeness (QED) is 0.645. The highest BCUT2D eigenvalue weighted by Crippen LogP contribution is 2.27. The van der Waals surface area contributed by atoms with Gasteiger partial charge in [0.15, 0.2) is 0 Å². The van der Waals surface area contributed by atoms with Crippen LogP contribution < -0.4 is 5.73 Å². The normalized spacial score (nSPS) is 23.9. The lowest BCUT2D eigenvalue weighted by atomic mass is 10.0. The maximum absolute atomic E-state index is 5.38. The van der Waals surface area contributed by atoms with Gasteiger partial charge in [-0.25, -0.2) is 0 Å². The zero-order chi connectivity index (χ0) is 9.03. The van der Waals surface area contributed by atoms with E-state index in [1.165, 1.54) is 19.4 Å². The summed E-state index contributed by atoms with van der Waals surface area (Å²) in [5, 5.41) is 0. The Balaban J connectivity index is 2.36. The molecule has 0 aliphatic carbocycles. The molecule has 0 aromatic carbocycles. The van der Waals surface area contributed by atoms with Gasteiger partial charge in [-0.15, -0.1) is 0 Å². The van der Waals surface area contributed by atoms with Crippen LogP contribution in [0.1, 0.15) is 26.7 Å². The van der Waals surface area contributed by atoms with Crippen molar-refractivity contribution in [2.75, 3.05) is 19.6 Å². The Labute approximate surface area is 75.4 Å². The zero-order valence-corrected chi connectivity index (χ0v) is 8.21. The molecule has 0 radical (unpaired) electrons. The third kappa shape index (κ3) is 2.32. The van der Waals surface area contributed by atoms with Gasteiger partial charge in [0.25, 0.3) is 0 Å². The molecule has 1 heterocycles. The fraction of sp³-hybridized carbons (Fsp3) is 0.800. The number of likely N-dealkylation sites (tertiary alicyclic amines) is 1. The maximum Gasteiger partial charge on any atom is 0.0168 e. The summed E-state index contributed by atoms with van der Waals surface area (Å²) < 4.78 is 0. The third-order valence-corrected chi connectivity index (χ3v) is 2.70. The maximum atomic E-state index is 5.38. The fourth-order valence-corrected chi connectivity index (χ4v) is 1.80. The predicted octanol–water partition coefficient (Wildman–Crippen LogP) is 1.38. The molecule has 1 saturated heterocycles. The average Bonchev–Trinajstić information content (AvgIpc) is 2.32. The van der Waals surface area contributed by atoms with Crippen LogP contribution in [0, 0.1) is 0 Å². The van der Waals surface area contributed by atoms with E-state index in [1.54, 1.807) is 0 Å². The van der Waals surface area contributed by atoms with Crippen LogP contribution in [-0.4, -0.2) is 30.1 Å². The Kier molecular flexibility index (Phi) is 3.29. The van der Waals surface area contributed by atoms with Gasteiger partial charge in [-0.2, -0.15) is 0 Å². The minimum atomic E-state index is 0.402. The molecule has 2 N–H and O–H groups in total. The molecule has 0 saturated carbocycles. The molecular formula is C10H20N2. The number of rotatable bonds is 3. The third-order valence-electron chi connectivity index (χ3n) is 2.70. The number of hydrogen-bond donors (Lipinski definition) is 1. The fourth-order valence-electron chi connectivity index (χ4n) is 1.80. The molecule has 2 heteroatoms. The van der Waals surface area contributed by atoms with E-state index in [0.29, 0.717) is 12.1 Å². The van der Waals surface area contributed by atoms with Crippen LogP contribution in [0.4, 0.5) is 0 Å². The van der Waals surface area contributed by atoms with Gasteiger partial charge in [-0.3, -0.25) is 4.90 Å². The molecular weight excluding hydrogens is 148 g/mol. The zero-order valence-electron chi connectivity index (χ0n) is 8.21. The van der Waals surface area contributed by atoms with E-state index in [9.17, 15) is 0 Å². The Hall–Kier alpha value is -0.340. The van der Waals surface area contributed by atoms with Crippen LogP contribution in [0.2, 0.25) is 0 Å². The lowest BCUT2D eigenvalue weighted by molar-refractivity contribution is 0.195. The van der Waals surface area contributed by atoms with Crippen molar-refractivity contribution >= 4 is 0 Å². The Bertz CT molecular complexity index is 161. The molecule has 0 amide bonds. The first-order valence-corrected chi connectivity index (χ1v) is 4.77. The summed E-state index contributed by atoms with van der Waals surface area (Å²) in [4.78, 5) is 2.51. The van der Waals surface area contributed by atoms with E-state index < -0.39 is 0 Å². The second kappa shape index (κ2) is 4.06. The van der Waals surface area contributed by atoms with Crippen molar-refractivity contribution in [2.24, 2.45) is 5.73 Å². The highest BCUT2D eigenvalue weighted by Gasteiger charge is 2.30. The van der Waals surface area contributed by atoms with Crippen molar-refractivity contribution in [1.29, 1.82) is 0 Å². The number of nitrogens with two attached hydrogens (primary N) is 1. The highest BCUT2D eigenvalue weighted by atomic mass is 15.2. The molecule has 70 valence electrons. The molecule has 12 heavy (non-hydrogen) atoms. The van der Waals surface area contributed by atoms with Gasteiger partial charge in [0, 0.05) is 18.6 Å². The number of hydrogen-bond acceptors (Lipinski definition) is 2. The molecule has 0 spiro atoms. The average molecular weight is 168 g/mol. The van der Waals surface area contributed by atoms with Crippen LogP contribution in [0.3, 0.4) is 0 Å². The molecule has 1 rings (SSSR count). The standard InChI is InChI=1S/C10H20N2/c1-10(2)6-5-9-12(10)8-4-3-7-11/h3-4H,5-9,11H2,1-2H3.